The van der Waals surface area contributed by atoms with Gasteiger partial charge in [-0.25, -0.2) is 4.79 Å². The van der Waals surface area contributed by atoms with Crippen LogP contribution in [0.25, 0.3) is 0 Å². The van der Waals surface area contributed by atoms with E-state index in [0.29, 0.717) is 24.0 Å². The number of carboxylic acid groups (broad SMARTS) is 1. The summed E-state index contributed by atoms with van der Waals surface area (Å²) in [5.41, 5.74) is 0.262. The molecule has 1 saturated heterocycles. The van der Waals surface area contributed by atoms with Gasteiger partial charge in [0.25, 0.3) is 0 Å². The number of furan rings is 1. The third kappa shape index (κ3) is 3.84. The Morgan fingerprint density at radius 1 is 1.50 bits per heavy atom. The number of rotatable bonds is 6. The number of likely N-dealkylation sites (tertiary alicyclic amines) is 1. The number of nitrogens with one attached hydrogen (secondary N) is 1. The van der Waals surface area contributed by atoms with E-state index in [-0.39, 0.29) is 5.56 Å². The second kappa shape index (κ2) is 6.90. The second-order valence-corrected chi connectivity index (χ2v) is 5.50. The fourth-order valence-corrected chi connectivity index (χ4v) is 2.75. The number of piperidine rings is 1. The van der Waals surface area contributed by atoms with Gasteiger partial charge in [-0.05, 0) is 57.9 Å². The highest BCUT2D eigenvalue weighted by Gasteiger charge is 2.18. The fraction of sp³-hybridized carbons (Fsp3) is 0.667. The molecule has 1 aromatic rings. The highest BCUT2D eigenvalue weighted by Crippen LogP contribution is 2.17. The van der Waals surface area contributed by atoms with Crippen LogP contribution in [0.3, 0.4) is 0 Å². The Labute approximate surface area is 119 Å². The van der Waals surface area contributed by atoms with Crippen molar-refractivity contribution in [1.29, 1.82) is 0 Å². The van der Waals surface area contributed by atoms with Crippen molar-refractivity contribution in [2.75, 3.05) is 26.2 Å². The molecular weight excluding hydrogens is 256 g/mol. The number of hydrogen-bond acceptors (Lipinski definition) is 4. The Bertz CT molecular complexity index is 448. The van der Waals surface area contributed by atoms with Gasteiger partial charge in [0.2, 0.25) is 0 Å². The molecule has 0 amide bonds. The van der Waals surface area contributed by atoms with E-state index in [1.54, 1.807) is 13.0 Å². The van der Waals surface area contributed by atoms with E-state index in [1.165, 1.54) is 25.9 Å². The molecule has 0 spiro atoms. The lowest BCUT2D eigenvalue weighted by molar-refractivity contribution is 0.0695. The lowest BCUT2D eigenvalue weighted by Gasteiger charge is -2.31. The molecule has 5 nitrogen and oxygen atoms in total. The number of carbonyl (C=O) groups is 1. The van der Waals surface area contributed by atoms with Crippen LogP contribution in [-0.4, -0.2) is 42.2 Å². The summed E-state index contributed by atoms with van der Waals surface area (Å²) in [6.45, 7) is 8.98. The quantitative estimate of drug-likeness (QED) is 0.835. The zero-order valence-corrected chi connectivity index (χ0v) is 12.3. The molecule has 0 saturated carbocycles. The molecule has 20 heavy (non-hydrogen) atoms. The Morgan fingerprint density at radius 3 is 2.75 bits per heavy atom. The predicted octanol–water partition coefficient (Wildman–Crippen LogP) is 2.11. The van der Waals surface area contributed by atoms with E-state index in [1.807, 2.05) is 0 Å². The largest absolute Gasteiger partial charge is 0.478 e. The Balaban J connectivity index is 1.73. The number of hydrogen-bond donors (Lipinski definition) is 2. The average Bonchev–Trinajstić information content (AvgIpc) is 2.81. The Hall–Kier alpha value is -1.33. The number of aryl methyl sites for hydroxylation is 1. The van der Waals surface area contributed by atoms with Gasteiger partial charge in [0, 0.05) is 0 Å². The van der Waals surface area contributed by atoms with Crippen molar-refractivity contribution in [3.8, 4) is 0 Å². The lowest BCUT2D eigenvalue weighted by atomic mass is 9.97. The molecule has 2 rings (SSSR count). The molecule has 1 fully saturated rings. The highest BCUT2D eigenvalue weighted by molar-refractivity contribution is 5.88. The molecule has 0 unspecified atom stereocenters. The minimum absolute atomic E-state index is 0.262. The lowest BCUT2D eigenvalue weighted by Crippen LogP contribution is -2.36. The summed E-state index contributed by atoms with van der Waals surface area (Å²) in [6, 6.07) is 1.62. The molecular formula is C15H24N2O3. The monoisotopic (exact) mass is 280 g/mol. The topological polar surface area (TPSA) is 65.7 Å². The maximum atomic E-state index is 10.9. The van der Waals surface area contributed by atoms with Crippen molar-refractivity contribution in [3.63, 3.8) is 0 Å². The van der Waals surface area contributed by atoms with Crippen LogP contribution in [0.4, 0.5) is 0 Å². The minimum Gasteiger partial charge on any atom is -0.478 e. The molecule has 0 aliphatic carbocycles. The van der Waals surface area contributed by atoms with Crippen molar-refractivity contribution >= 4 is 5.97 Å². The van der Waals surface area contributed by atoms with Crippen LogP contribution in [0, 0.1) is 12.8 Å². The van der Waals surface area contributed by atoms with E-state index in [2.05, 4.69) is 17.1 Å². The summed E-state index contributed by atoms with van der Waals surface area (Å²) in [5.74, 6) is 0.966. The molecule has 1 aliphatic rings. The van der Waals surface area contributed by atoms with Crippen LogP contribution < -0.4 is 5.32 Å². The standard InChI is InChI=1S/C15H24N2O3/c1-3-17-6-4-12(5-7-17)9-16-10-13-8-14(15(18)19)11(2)20-13/h8,12,16H,3-7,9-10H2,1-2H3,(H,18,19). The van der Waals surface area contributed by atoms with Gasteiger partial charge in [0.15, 0.2) is 0 Å². The summed E-state index contributed by atoms with van der Waals surface area (Å²) in [5, 5.41) is 12.3. The van der Waals surface area contributed by atoms with Gasteiger partial charge in [0.05, 0.1) is 6.54 Å². The van der Waals surface area contributed by atoms with Gasteiger partial charge >= 0.3 is 5.97 Å². The van der Waals surface area contributed by atoms with Crippen molar-refractivity contribution in [2.45, 2.75) is 33.2 Å². The maximum absolute atomic E-state index is 10.9. The van der Waals surface area contributed by atoms with Gasteiger partial charge in [-0.15, -0.1) is 0 Å². The first-order chi connectivity index (χ1) is 9.60. The van der Waals surface area contributed by atoms with Gasteiger partial charge in [-0.1, -0.05) is 6.92 Å². The molecule has 0 atom stereocenters. The van der Waals surface area contributed by atoms with Gasteiger partial charge < -0.3 is 19.7 Å². The zero-order valence-electron chi connectivity index (χ0n) is 12.3. The summed E-state index contributed by atoms with van der Waals surface area (Å²) in [7, 11) is 0. The maximum Gasteiger partial charge on any atom is 0.339 e. The predicted molar refractivity (Wildman–Crippen MR) is 76.9 cm³/mol. The first-order valence-electron chi connectivity index (χ1n) is 7.35. The van der Waals surface area contributed by atoms with E-state index in [4.69, 9.17) is 9.52 Å². The van der Waals surface area contributed by atoms with Crippen LogP contribution >= 0.6 is 0 Å². The van der Waals surface area contributed by atoms with Crippen LogP contribution in [-0.2, 0) is 6.54 Å². The minimum atomic E-state index is -0.926. The fourth-order valence-electron chi connectivity index (χ4n) is 2.75. The Morgan fingerprint density at radius 2 is 2.20 bits per heavy atom. The molecule has 0 bridgehead atoms. The molecule has 0 radical (unpaired) electrons. The van der Waals surface area contributed by atoms with Crippen LogP contribution in [0.15, 0.2) is 10.5 Å². The second-order valence-electron chi connectivity index (χ2n) is 5.50. The first kappa shape index (κ1) is 15.1. The molecule has 2 heterocycles. The summed E-state index contributed by atoms with van der Waals surface area (Å²) >= 11 is 0. The van der Waals surface area contributed by atoms with Crippen LogP contribution in [0.1, 0.15) is 41.6 Å². The first-order valence-corrected chi connectivity index (χ1v) is 7.35. The third-order valence-electron chi connectivity index (χ3n) is 4.09. The van der Waals surface area contributed by atoms with Gasteiger partial charge in [-0.2, -0.15) is 0 Å². The van der Waals surface area contributed by atoms with Crippen molar-refractivity contribution in [2.24, 2.45) is 5.92 Å². The number of nitrogens with zero attached hydrogens (tertiary/aromatic N) is 1. The van der Waals surface area contributed by atoms with Crippen molar-refractivity contribution in [3.05, 3.63) is 23.2 Å². The van der Waals surface area contributed by atoms with Crippen LogP contribution in [0.5, 0.6) is 0 Å². The van der Waals surface area contributed by atoms with Crippen molar-refractivity contribution < 1.29 is 14.3 Å². The molecule has 112 valence electrons. The molecule has 1 aromatic heterocycles. The zero-order chi connectivity index (χ0) is 14.5. The highest BCUT2D eigenvalue weighted by atomic mass is 16.4. The van der Waals surface area contributed by atoms with E-state index < -0.39 is 5.97 Å². The number of carboxylic acids is 1. The summed E-state index contributed by atoms with van der Waals surface area (Å²) in [6.07, 6.45) is 2.47. The summed E-state index contributed by atoms with van der Waals surface area (Å²) in [4.78, 5) is 13.4. The van der Waals surface area contributed by atoms with Crippen LogP contribution in [0.2, 0.25) is 0 Å². The molecule has 5 heteroatoms. The smallest absolute Gasteiger partial charge is 0.339 e. The van der Waals surface area contributed by atoms with Crippen molar-refractivity contribution in [1.82, 2.24) is 10.2 Å². The molecule has 0 aromatic carbocycles. The number of aromatic carboxylic acids is 1. The molecule has 1 aliphatic heterocycles. The Kier molecular flexibility index (Phi) is 5.20. The third-order valence-corrected chi connectivity index (χ3v) is 4.09. The van der Waals surface area contributed by atoms with Gasteiger partial charge in [0.1, 0.15) is 17.1 Å². The van der Waals surface area contributed by atoms with E-state index in [0.717, 1.165) is 13.1 Å². The normalized spacial score (nSPS) is 17.5. The van der Waals surface area contributed by atoms with E-state index >= 15 is 0 Å². The van der Waals surface area contributed by atoms with E-state index in [9.17, 15) is 4.79 Å². The van der Waals surface area contributed by atoms with Gasteiger partial charge in [-0.3, -0.25) is 0 Å². The molecule has 2 N–H and O–H groups in total. The SMILES string of the molecule is CCN1CCC(CNCc2cc(C(=O)O)c(C)o2)CC1. The average molecular weight is 280 g/mol. The summed E-state index contributed by atoms with van der Waals surface area (Å²) < 4.78 is 5.45.